The third-order valence-electron chi connectivity index (χ3n) is 5.84. The second-order valence-corrected chi connectivity index (χ2v) is 9.98. The maximum Gasteiger partial charge on any atom is 0.276 e. The lowest BCUT2D eigenvalue weighted by Gasteiger charge is -2.50. The molecule has 11 nitrogen and oxygen atoms in total. The summed E-state index contributed by atoms with van der Waals surface area (Å²) >= 11 is 2.50. The maximum atomic E-state index is 13.0. The molecule has 3 aromatic rings. The molecule has 1 saturated heterocycles. The molecule has 2 aliphatic heterocycles. The number of rotatable bonds is 7. The Hall–Kier alpha value is -3.97. The fourth-order valence-electron chi connectivity index (χ4n) is 4.26. The topological polar surface area (TPSA) is 154 Å². The molecule has 2 atom stereocenters. The van der Waals surface area contributed by atoms with Crippen molar-refractivity contribution in [3.05, 3.63) is 64.9 Å². The number of para-hydroxylation sites is 1. The first kappa shape index (κ1) is 23.8. The van der Waals surface area contributed by atoms with Gasteiger partial charge in [0.15, 0.2) is 23.6 Å². The van der Waals surface area contributed by atoms with Crippen molar-refractivity contribution in [1.82, 2.24) is 15.2 Å². The molecule has 184 valence electrons. The van der Waals surface area contributed by atoms with Crippen LogP contribution in [0.3, 0.4) is 0 Å². The van der Waals surface area contributed by atoms with Crippen molar-refractivity contribution < 1.29 is 28.9 Å². The van der Waals surface area contributed by atoms with E-state index in [4.69, 9.17) is 10.6 Å². The molecular weight excluding hydrogens is 504 g/mol. The van der Waals surface area contributed by atoms with Gasteiger partial charge in [-0.3, -0.25) is 14.5 Å². The van der Waals surface area contributed by atoms with Crippen molar-refractivity contribution in [1.29, 1.82) is 0 Å². The van der Waals surface area contributed by atoms with Crippen LogP contribution in [0.15, 0.2) is 64.4 Å². The van der Waals surface area contributed by atoms with Gasteiger partial charge < -0.3 is 25.8 Å². The Morgan fingerprint density at radius 3 is 2.83 bits per heavy atom. The van der Waals surface area contributed by atoms with Gasteiger partial charge in [-0.1, -0.05) is 17.3 Å². The number of oxime groups is 1. The number of nitrogens with zero attached hydrogens (tertiary/aromatic N) is 4. The molecule has 0 unspecified atom stereocenters. The lowest BCUT2D eigenvalue weighted by atomic mass is 10.0. The van der Waals surface area contributed by atoms with Crippen molar-refractivity contribution >= 4 is 62.6 Å². The number of nitrogens with two attached hydrogens (primary N) is 1. The summed E-state index contributed by atoms with van der Waals surface area (Å²) in [5, 5.41) is 20.7. The normalized spacial score (nSPS) is 19.6. The van der Waals surface area contributed by atoms with Crippen LogP contribution in [0.1, 0.15) is 5.69 Å². The van der Waals surface area contributed by atoms with Crippen LogP contribution < -0.4 is 20.7 Å². The number of fused-ring (bicyclic) bond motifs is 2. The minimum Gasteiger partial charge on any atom is -0.543 e. The van der Waals surface area contributed by atoms with Gasteiger partial charge in [0, 0.05) is 34.2 Å². The zero-order chi connectivity index (χ0) is 25.4. The van der Waals surface area contributed by atoms with Gasteiger partial charge in [0.25, 0.3) is 11.8 Å². The van der Waals surface area contributed by atoms with Crippen molar-refractivity contribution in [3.63, 3.8) is 0 Å². The summed E-state index contributed by atoms with van der Waals surface area (Å²) in [7, 11) is 1.28. The van der Waals surface area contributed by atoms with E-state index < -0.39 is 29.2 Å². The maximum absolute atomic E-state index is 13.0. The highest BCUT2D eigenvalue weighted by molar-refractivity contribution is 8.00. The number of pyridine rings is 1. The molecule has 0 aliphatic carbocycles. The number of benzene rings is 1. The average molecular weight is 525 g/mol. The van der Waals surface area contributed by atoms with Crippen LogP contribution in [0.5, 0.6) is 0 Å². The summed E-state index contributed by atoms with van der Waals surface area (Å²) in [5.74, 6) is -2.32. The van der Waals surface area contributed by atoms with E-state index in [9.17, 15) is 19.5 Å². The molecule has 36 heavy (non-hydrogen) atoms. The Labute approximate surface area is 213 Å². The van der Waals surface area contributed by atoms with Gasteiger partial charge >= 0.3 is 0 Å². The zero-order valence-corrected chi connectivity index (χ0v) is 20.5. The molecule has 0 bridgehead atoms. The van der Waals surface area contributed by atoms with Gasteiger partial charge in [0.1, 0.15) is 24.2 Å². The molecule has 2 aliphatic rings. The van der Waals surface area contributed by atoms with Crippen molar-refractivity contribution in [3.8, 4) is 0 Å². The number of anilines is 1. The first-order valence-electron chi connectivity index (χ1n) is 10.8. The summed E-state index contributed by atoms with van der Waals surface area (Å²) in [6.45, 7) is 0.279. The van der Waals surface area contributed by atoms with Crippen molar-refractivity contribution in [2.24, 2.45) is 5.16 Å². The number of hydrogen-bond acceptors (Lipinski definition) is 10. The summed E-state index contributed by atoms with van der Waals surface area (Å²) in [6.07, 6.45) is 1.86. The van der Waals surface area contributed by atoms with Crippen LogP contribution in [0, 0.1) is 0 Å². The quantitative estimate of drug-likeness (QED) is 0.184. The number of β-lactam (4-membered cyclic amide) rings is 1. The van der Waals surface area contributed by atoms with E-state index >= 15 is 0 Å². The van der Waals surface area contributed by atoms with Crippen LogP contribution >= 0.6 is 23.1 Å². The molecule has 1 aromatic carbocycles. The minimum atomic E-state index is -1.44. The summed E-state index contributed by atoms with van der Waals surface area (Å²) in [4.78, 5) is 48.0. The van der Waals surface area contributed by atoms with Gasteiger partial charge in [0.05, 0.1) is 11.7 Å². The molecule has 2 aromatic heterocycles. The lowest BCUT2D eigenvalue weighted by Crippen LogP contribution is -2.71. The number of carboxylic acids is 1. The third kappa shape index (κ3) is 4.16. The van der Waals surface area contributed by atoms with Gasteiger partial charge in [0.2, 0.25) is 5.52 Å². The van der Waals surface area contributed by atoms with E-state index in [1.165, 1.54) is 23.8 Å². The highest BCUT2D eigenvalue weighted by atomic mass is 32.2. The number of aliphatic carboxylic acids is 1. The van der Waals surface area contributed by atoms with Crippen LogP contribution in [0.4, 0.5) is 5.13 Å². The number of carbonyl (C=O) groups excluding carboxylic acids is 3. The van der Waals surface area contributed by atoms with Gasteiger partial charge in [-0.2, -0.15) is 4.57 Å². The Bertz CT molecular complexity index is 1450. The third-order valence-corrected chi connectivity index (χ3v) is 7.85. The van der Waals surface area contributed by atoms with E-state index in [1.807, 2.05) is 47.2 Å². The molecule has 0 spiro atoms. The Kier molecular flexibility index (Phi) is 6.33. The van der Waals surface area contributed by atoms with Crippen LogP contribution in [0.25, 0.3) is 10.9 Å². The second-order valence-electron chi connectivity index (χ2n) is 7.99. The SMILES string of the molecule is CO/N=C(\C(=O)N[C@@H]1C(=O)N2C(C(=O)[O-])=C(C[n+]3cccc4ccccc43)CS[C@H]12)c1csc(N)n1. The second kappa shape index (κ2) is 9.59. The monoisotopic (exact) mass is 524 g/mol. The zero-order valence-electron chi connectivity index (χ0n) is 18.9. The fraction of sp³-hybridized carbons (Fsp3) is 0.217. The van der Waals surface area contributed by atoms with Gasteiger partial charge in [-0.25, -0.2) is 4.98 Å². The summed E-state index contributed by atoms with van der Waals surface area (Å²) in [6, 6.07) is 10.7. The number of hydrogen-bond donors (Lipinski definition) is 2. The largest absolute Gasteiger partial charge is 0.543 e. The van der Waals surface area contributed by atoms with E-state index in [0.717, 1.165) is 22.2 Å². The smallest absolute Gasteiger partial charge is 0.276 e. The Balaban J connectivity index is 1.38. The Morgan fingerprint density at radius 2 is 2.11 bits per heavy atom. The summed E-state index contributed by atoms with van der Waals surface area (Å²) in [5.41, 5.74) is 7.05. The van der Waals surface area contributed by atoms with E-state index in [1.54, 1.807) is 5.38 Å². The standard InChI is InChI=1S/C23H20N6O5S2/c1-34-27-16(14-11-36-23(24)25-14)19(30)26-17-20(31)29-18(22(32)33)13(10-35-21(17)29)9-28-8-4-6-12-5-2-3-7-15(12)28/h2-8,11,17,21H,9-10H2,1H3,(H3-,24,25,26,30,32,33)/b27-16-/t17-,21-/m1/s1. The first-order valence-corrected chi connectivity index (χ1v) is 12.7. The lowest BCUT2D eigenvalue weighted by molar-refractivity contribution is -0.663. The predicted octanol–water partition coefficient (Wildman–Crippen LogP) is -0.379. The molecular formula is C23H20N6O5S2. The molecule has 2 amide bonds. The number of nitrogens with one attached hydrogen (secondary N) is 1. The predicted molar refractivity (Wildman–Crippen MR) is 131 cm³/mol. The molecule has 0 radical (unpaired) electrons. The van der Waals surface area contributed by atoms with Crippen LogP contribution in [-0.4, -0.2) is 57.7 Å². The number of carboxylic acid groups (broad SMARTS) is 1. The molecule has 0 saturated carbocycles. The fourth-order valence-corrected chi connectivity index (χ4v) is 6.14. The molecule has 13 heteroatoms. The van der Waals surface area contributed by atoms with E-state index in [-0.39, 0.29) is 28.8 Å². The first-order chi connectivity index (χ1) is 17.4. The number of amides is 2. The highest BCUT2D eigenvalue weighted by Gasteiger charge is 2.53. The number of aromatic nitrogens is 2. The molecule has 5 rings (SSSR count). The van der Waals surface area contributed by atoms with Gasteiger partial charge in [-0.05, 0) is 12.1 Å². The number of carbonyl (C=O) groups is 3. The average Bonchev–Trinajstić information content (AvgIpc) is 3.31. The van der Waals surface area contributed by atoms with E-state index in [2.05, 4.69) is 15.5 Å². The minimum absolute atomic E-state index is 0.138. The van der Waals surface area contributed by atoms with Crippen molar-refractivity contribution in [2.45, 2.75) is 18.0 Å². The van der Waals surface area contributed by atoms with Crippen LogP contribution in [-0.2, 0) is 25.8 Å². The van der Waals surface area contributed by atoms with Gasteiger partial charge in [-0.15, -0.1) is 23.1 Å². The molecule has 3 N–H and O–H groups in total. The number of nitrogen functional groups attached to an aromatic ring is 1. The number of thioether (sulfide) groups is 1. The summed E-state index contributed by atoms with van der Waals surface area (Å²) < 4.78 is 1.94. The molecule has 4 heterocycles. The van der Waals surface area contributed by atoms with Crippen LogP contribution in [0.2, 0.25) is 0 Å². The van der Waals surface area contributed by atoms with Crippen molar-refractivity contribution in [2.75, 3.05) is 18.6 Å². The van der Waals surface area contributed by atoms with E-state index in [0.29, 0.717) is 11.3 Å². The Morgan fingerprint density at radius 1 is 1.33 bits per heavy atom. The highest BCUT2D eigenvalue weighted by Crippen LogP contribution is 2.40. The molecule has 1 fully saturated rings. The number of thiazole rings is 1.